The van der Waals surface area contributed by atoms with E-state index in [0.717, 1.165) is 0 Å². The third kappa shape index (κ3) is 3.35. The summed E-state index contributed by atoms with van der Waals surface area (Å²) in [6.07, 6.45) is 0. The number of ether oxygens (including phenoxy) is 1. The largest absolute Gasteiger partial charge is 0.462 e. The highest BCUT2D eigenvalue weighted by Gasteiger charge is 2.12. The first kappa shape index (κ1) is 12.7. The zero-order chi connectivity index (χ0) is 12.0. The number of carbonyl (C=O) groups is 1. The minimum Gasteiger partial charge on any atom is -0.462 e. The average molecular weight is 285 g/mol. The van der Waals surface area contributed by atoms with E-state index >= 15 is 0 Å². The number of hydrogen-bond acceptors (Lipinski definition) is 2. The van der Waals surface area contributed by atoms with E-state index in [1.807, 2.05) is 0 Å². The van der Waals surface area contributed by atoms with Crippen LogP contribution in [0.1, 0.15) is 22.8 Å². The molecule has 0 aliphatic rings. The lowest BCUT2D eigenvalue weighted by Gasteiger charge is -2.03. The molecular weight excluding hydrogens is 275 g/mol. The second-order valence-corrected chi connectivity index (χ2v) is 3.41. The van der Waals surface area contributed by atoms with Crippen molar-refractivity contribution < 1.29 is 13.9 Å². The zero-order valence-electron chi connectivity index (χ0n) is 8.72. The topological polar surface area (TPSA) is 26.3 Å². The summed E-state index contributed by atoms with van der Waals surface area (Å²) in [4.78, 5) is 11.4. The van der Waals surface area contributed by atoms with Gasteiger partial charge in [0.25, 0.3) is 0 Å². The molecule has 2 nitrogen and oxygen atoms in total. The minimum absolute atomic E-state index is 0.0803. The van der Waals surface area contributed by atoms with Gasteiger partial charge in [0.05, 0.1) is 17.5 Å². The van der Waals surface area contributed by atoms with Gasteiger partial charge in [-0.2, -0.15) is 0 Å². The van der Waals surface area contributed by atoms with E-state index in [9.17, 15) is 9.18 Å². The van der Waals surface area contributed by atoms with Crippen LogP contribution in [0.3, 0.4) is 0 Å². The quantitative estimate of drug-likeness (QED) is 0.474. The summed E-state index contributed by atoms with van der Waals surface area (Å²) < 4.78 is 18.0. The molecule has 0 atom stereocenters. The van der Waals surface area contributed by atoms with E-state index in [4.69, 9.17) is 4.74 Å². The van der Waals surface area contributed by atoms with Gasteiger partial charge >= 0.3 is 5.97 Å². The Bertz CT molecular complexity index is 446. The second-order valence-electron chi connectivity index (χ2n) is 2.85. The molecule has 0 radical (unpaired) electrons. The predicted molar refractivity (Wildman–Crippen MR) is 63.0 cm³/mol. The van der Waals surface area contributed by atoms with Crippen molar-refractivity contribution in [2.45, 2.75) is 6.92 Å². The van der Waals surface area contributed by atoms with Crippen LogP contribution in [0.5, 0.6) is 0 Å². The van der Waals surface area contributed by atoms with Crippen molar-refractivity contribution in [2.75, 3.05) is 11.9 Å². The highest BCUT2D eigenvalue weighted by Crippen LogP contribution is 2.11. The molecule has 0 aliphatic carbocycles. The highest BCUT2D eigenvalue weighted by atomic mass is 79.9. The molecule has 0 N–H and O–H groups in total. The van der Waals surface area contributed by atoms with Gasteiger partial charge in [0.15, 0.2) is 0 Å². The van der Waals surface area contributed by atoms with Gasteiger partial charge in [-0.1, -0.05) is 27.8 Å². The molecule has 1 rings (SSSR count). The maximum absolute atomic E-state index is 13.3. The summed E-state index contributed by atoms with van der Waals surface area (Å²) in [5, 5.41) is 0.527. The van der Waals surface area contributed by atoms with E-state index < -0.39 is 11.8 Å². The van der Waals surface area contributed by atoms with Crippen LogP contribution in [0.2, 0.25) is 0 Å². The maximum Gasteiger partial charge on any atom is 0.341 e. The first-order valence-electron chi connectivity index (χ1n) is 4.70. The van der Waals surface area contributed by atoms with E-state index in [1.54, 1.807) is 6.92 Å². The SMILES string of the molecule is CCOC(=O)c1cc(C#CCBr)ccc1F. The summed E-state index contributed by atoms with van der Waals surface area (Å²) in [5.41, 5.74) is 0.507. The maximum atomic E-state index is 13.3. The van der Waals surface area contributed by atoms with E-state index in [-0.39, 0.29) is 12.2 Å². The van der Waals surface area contributed by atoms with Gasteiger partial charge in [0, 0.05) is 5.56 Å². The lowest BCUT2D eigenvalue weighted by atomic mass is 10.1. The van der Waals surface area contributed by atoms with E-state index in [0.29, 0.717) is 10.9 Å². The highest BCUT2D eigenvalue weighted by molar-refractivity contribution is 9.09. The Morgan fingerprint density at radius 2 is 2.31 bits per heavy atom. The van der Waals surface area contributed by atoms with Crippen molar-refractivity contribution in [3.8, 4) is 11.8 Å². The van der Waals surface area contributed by atoms with Crippen LogP contribution < -0.4 is 0 Å². The Labute approximate surface area is 102 Å². The molecule has 0 fully saturated rings. The summed E-state index contributed by atoms with van der Waals surface area (Å²) >= 11 is 3.15. The van der Waals surface area contributed by atoms with Crippen molar-refractivity contribution in [1.29, 1.82) is 0 Å². The van der Waals surface area contributed by atoms with Gasteiger partial charge in [-0.05, 0) is 25.1 Å². The van der Waals surface area contributed by atoms with E-state index in [1.165, 1.54) is 18.2 Å². The number of alkyl halides is 1. The fraction of sp³-hybridized carbons (Fsp3) is 0.250. The summed E-state index contributed by atoms with van der Waals surface area (Å²) in [6.45, 7) is 1.89. The minimum atomic E-state index is -0.664. The molecule has 16 heavy (non-hydrogen) atoms. The van der Waals surface area contributed by atoms with Gasteiger partial charge in [-0.3, -0.25) is 0 Å². The number of halogens is 2. The molecule has 4 heteroatoms. The Hall–Kier alpha value is -1.34. The number of hydrogen-bond donors (Lipinski definition) is 0. The van der Waals surface area contributed by atoms with E-state index in [2.05, 4.69) is 27.8 Å². The lowest BCUT2D eigenvalue weighted by molar-refractivity contribution is 0.0521. The van der Waals surface area contributed by atoms with Crippen LogP contribution in [0.15, 0.2) is 18.2 Å². The Morgan fingerprint density at radius 3 is 2.94 bits per heavy atom. The molecule has 0 unspecified atom stereocenters. The van der Waals surface area contributed by atoms with Gasteiger partial charge in [0.2, 0.25) is 0 Å². The Balaban J connectivity index is 3.03. The molecule has 0 saturated heterocycles. The van der Waals surface area contributed by atoms with Crippen LogP contribution in [-0.4, -0.2) is 17.9 Å². The molecule has 0 amide bonds. The summed E-state index contributed by atoms with van der Waals surface area (Å²) in [6, 6.07) is 4.13. The van der Waals surface area contributed by atoms with Crippen LogP contribution >= 0.6 is 15.9 Å². The number of rotatable bonds is 2. The molecule has 0 aromatic heterocycles. The monoisotopic (exact) mass is 284 g/mol. The molecule has 0 aliphatic heterocycles. The fourth-order valence-electron chi connectivity index (χ4n) is 1.10. The molecule has 0 spiro atoms. The molecule has 0 bridgehead atoms. The molecule has 1 aromatic carbocycles. The third-order valence-electron chi connectivity index (χ3n) is 1.76. The lowest BCUT2D eigenvalue weighted by Crippen LogP contribution is -2.07. The molecule has 1 aromatic rings. The summed E-state index contributed by atoms with van der Waals surface area (Å²) in [7, 11) is 0. The molecular formula is C12H10BrFO2. The van der Waals surface area contributed by atoms with Crippen LogP contribution in [0.4, 0.5) is 4.39 Å². The number of esters is 1. The first-order valence-corrected chi connectivity index (χ1v) is 5.82. The Morgan fingerprint density at radius 1 is 1.56 bits per heavy atom. The zero-order valence-corrected chi connectivity index (χ0v) is 10.3. The smallest absolute Gasteiger partial charge is 0.341 e. The fourth-order valence-corrected chi connectivity index (χ4v) is 1.24. The third-order valence-corrected chi connectivity index (χ3v) is 2.04. The first-order chi connectivity index (χ1) is 7.69. The summed E-state index contributed by atoms with van der Waals surface area (Å²) in [5.74, 6) is 4.30. The standard InChI is InChI=1S/C12H10BrFO2/c1-2-16-12(15)10-8-9(4-3-7-13)5-6-11(10)14/h5-6,8H,2,7H2,1H3. The average Bonchev–Trinajstić information content (AvgIpc) is 2.28. The number of carbonyl (C=O) groups excluding carboxylic acids is 1. The molecule has 0 saturated carbocycles. The molecule has 84 valence electrons. The Kier molecular flexibility index (Phi) is 5.00. The predicted octanol–water partition coefficient (Wildman–Crippen LogP) is 2.75. The van der Waals surface area contributed by atoms with Crippen LogP contribution in [0, 0.1) is 17.7 Å². The van der Waals surface area contributed by atoms with Gasteiger partial charge in [0.1, 0.15) is 5.82 Å². The van der Waals surface area contributed by atoms with Gasteiger partial charge in [-0.15, -0.1) is 0 Å². The number of benzene rings is 1. The van der Waals surface area contributed by atoms with Crippen molar-refractivity contribution >= 4 is 21.9 Å². The van der Waals surface area contributed by atoms with Crippen molar-refractivity contribution in [3.05, 3.63) is 35.1 Å². The van der Waals surface area contributed by atoms with Gasteiger partial charge < -0.3 is 4.74 Å². The molecule has 0 heterocycles. The van der Waals surface area contributed by atoms with Crippen molar-refractivity contribution in [1.82, 2.24) is 0 Å². The van der Waals surface area contributed by atoms with Crippen molar-refractivity contribution in [3.63, 3.8) is 0 Å². The van der Waals surface area contributed by atoms with Gasteiger partial charge in [-0.25, -0.2) is 9.18 Å². The van der Waals surface area contributed by atoms with Crippen LogP contribution in [-0.2, 0) is 4.74 Å². The van der Waals surface area contributed by atoms with Crippen molar-refractivity contribution in [2.24, 2.45) is 0 Å². The second kappa shape index (κ2) is 6.29. The van der Waals surface area contributed by atoms with Crippen LogP contribution in [0.25, 0.3) is 0 Å². The normalized spacial score (nSPS) is 9.19.